The fraction of sp³-hybridized carbons (Fsp3) is 0.111. The zero-order valence-corrected chi connectivity index (χ0v) is 15.4. The number of carbonyl (C=O) groups is 1. The number of hydrogen-bond acceptors (Lipinski definition) is 4. The molecule has 0 spiro atoms. The van der Waals surface area contributed by atoms with E-state index >= 15 is 0 Å². The van der Waals surface area contributed by atoms with Crippen LogP contribution in [0, 0.1) is 17.0 Å². The van der Waals surface area contributed by atoms with Crippen molar-refractivity contribution in [3.63, 3.8) is 0 Å². The molecule has 0 aliphatic rings. The SMILES string of the molecule is Cc1ccc(Cn2cc(Br)c(NC(=O)c3ccc([N+](=O)[O-])cc3)n2)cc1. The number of carbonyl (C=O) groups excluding carboxylic acids is 1. The van der Waals surface area contributed by atoms with Crippen LogP contribution in [0.5, 0.6) is 0 Å². The van der Waals surface area contributed by atoms with Gasteiger partial charge in [-0.2, -0.15) is 5.10 Å². The van der Waals surface area contributed by atoms with Crippen molar-refractivity contribution >= 4 is 33.3 Å². The number of rotatable bonds is 5. The van der Waals surface area contributed by atoms with E-state index in [1.165, 1.54) is 29.8 Å². The largest absolute Gasteiger partial charge is 0.304 e. The van der Waals surface area contributed by atoms with Crippen molar-refractivity contribution < 1.29 is 9.72 Å². The molecule has 0 aliphatic heterocycles. The molecular formula is C18H15BrN4O3. The molecule has 8 heteroatoms. The smallest absolute Gasteiger partial charge is 0.269 e. The highest BCUT2D eigenvalue weighted by atomic mass is 79.9. The van der Waals surface area contributed by atoms with Crippen molar-refractivity contribution in [1.29, 1.82) is 0 Å². The molecule has 1 aromatic heterocycles. The van der Waals surface area contributed by atoms with Gasteiger partial charge in [-0.1, -0.05) is 29.8 Å². The van der Waals surface area contributed by atoms with Gasteiger partial charge in [-0.25, -0.2) is 0 Å². The summed E-state index contributed by atoms with van der Waals surface area (Å²) in [6.45, 7) is 2.60. The predicted molar refractivity (Wildman–Crippen MR) is 101 cm³/mol. The Hall–Kier alpha value is -3.00. The summed E-state index contributed by atoms with van der Waals surface area (Å²) in [6, 6.07) is 13.5. The summed E-state index contributed by atoms with van der Waals surface area (Å²) in [6.07, 6.45) is 1.78. The van der Waals surface area contributed by atoms with E-state index in [2.05, 4.69) is 26.3 Å². The lowest BCUT2D eigenvalue weighted by Crippen LogP contribution is -2.13. The lowest BCUT2D eigenvalue weighted by atomic mass is 10.1. The van der Waals surface area contributed by atoms with Crippen molar-refractivity contribution in [2.45, 2.75) is 13.5 Å². The summed E-state index contributed by atoms with van der Waals surface area (Å²) >= 11 is 3.39. The van der Waals surface area contributed by atoms with Crippen molar-refractivity contribution in [3.05, 3.63) is 86.0 Å². The lowest BCUT2D eigenvalue weighted by Gasteiger charge is -2.04. The Morgan fingerprint density at radius 1 is 1.19 bits per heavy atom. The molecule has 26 heavy (non-hydrogen) atoms. The molecule has 0 aliphatic carbocycles. The Morgan fingerprint density at radius 2 is 1.85 bits per heavy atom. The van der Waals surface area contributed by atoms with Gasteiger partial charge < -0.3 is 5.32 Å². The zero-order chi connectivity index (χ0) is 18.7. The number of aromatic nitrogens is 2. The van der Waals surface area contributed by atoms with Gasteiger partial charge in [0.2, 0.25) is 0 Å². The Balaban J connectivity index is 1.71. The Labute approximate surface area is 157 Å². The van der Waals surface area contributed by atoms with E-state index in [4.69, 9.17) is 0 Å². The van der Waals surface area contributed by atoms with Gasteiger partial charge in [0.25, 0.3) is 11.6 Å². The second-order valence-electron chi connectivity index (χ2n) is 5.77. The minimum atomic E-state index is -0.509. The average molecular weight is 415 g/mol. The molecule has 0 saturated heterocycles. The number of benzene rings is 2. The van der Waals surface area contributed by atoms with Crippen LogP contribution in [0.4, 0.5) is 11.5 Å². The number of hydrogen-bond donors (Lipinski definition) is 1. The number of nitrogens with zero attached hydrogens (tertiary/aromatic N) is 3. The van der Waals surface area contributed by atoms with Crippen LogP contribution in [0.2, 0.25) is 0 Å². The minimum absolute atomic E-state index is 0.0647. The van der Waals surface area contributed by atoms with E-state index in [0.29, 0.717) is 22.4 Å². The number of amides is 1. The summed E-state index contributed by atoms with van der Waals surface area (Å²) in [7, 11) is 0. The van der Waals surface area contributed by atoms with Gasteiger partial charge in [-0.15, -0.1) is 0 Å². The average Bonchev–Trinajstić information content (AvgIpc) is 2.96. The number of aryl methyl sites for hydroxylation is 1. The van der Waals surface area contributed by atoms with Crippen molar-refractivity contribution in [2.75, 3.05) is 5.32 Å². The highest BCUT2D eigenvalue weighted by Gasteiger charge is 2.13. The fourth-order valence-electron chi connectivity index (χ4n) is 2.36. The summed E-state index contributed by atoms with van der Waals surface area (Å²) in [5.41, 5.74) is 2.53. The van der Waals surface area contributed by atoms with Crippen LogP contribution < -0.4 is 5.32 Å². The van der Waals surface area contributed by atoms with Crippen LogP contribution in [-0.2, 0) is 6.54 Å². The Kier molecular flexibility index (Phi) is 5.13. The number of nitro benzene ring substituents is 1. The van der Waals surface area contributed by atoms with Crippen LogP contribution in [0.25, 0.3) is 0 Å². The first-order valence-electron chi connectivity index (χ1n) is 7.76. The molecule has 1 N–H and O–H groups in total. The van der Waals surface area contributed by atoms with Crippen molar-refractivity contribution in [3.8, 4) is 0 Å². The van der Waals surface area contributed by atoms with Crippen LogP contribution in [0.15, 0.2) is 59.2 Å². The number of nitrogens with one attached hydrogen (secondary N) is 1. The van der Waals surface area contributed by atoms with Gasteiger partial charge in [0.15, 0.2) is 5.82 Å². The van der Waals surface area contributed by atoms with Crippen molar-refractivity contribution in [2.24, 2.45) is 0 Å². The van der Waals surface area contributed by atoms with Crippen LogP contribution in [-0.4, -0.2) is 20.6 Å². The molecule has 0 radical (unpaired) electrons. The predicted octanol–water partition coefficient (Wildman–Crippen LogP) is 4.16. The highest BCUT2D eigenvalue weighted by Crippen LogP contribution is 2.22. The van der Waals surface area contributed by atoms with E-state index in [1.54, 1.807) is 10.9 Å². The molecule has 132 valence electrons. The van der Waals surface area contributed by atoms with Gasteiger partial charge in [-0.3, -0.25) is 19.6 Å². The third kappa shape index (κ3) is 4.15. The van der Waals surface area contributed by atoms with Gasteiger partial charge in [-0.05, 0) is 40.5 Å². The second-order valence-corrected chi connectivity index (χ2v) is 6.62. The Morgan fingerprint density at radius 3 is 2.46 bits per heavy atom. The Bertz CT molecular complexity index is 950. The molecule has 3 rings (SSSR count). The quantitative estimate of drug-likeness (QED) is 0.501. The third-order valence-electron chi connectivity index (χ3n) is 3.75. The monoisotopic (exact) mass is 414 g/mol. The molecule has 0 bridgehead atoms. The van der Waals surface area contributed by atoms with Gasteiger partial charge in [0.1, 0.15) is 0 Å². The van der Waals surface area contributed by atoms with E-state index < -0.39 is 4.92 Å². The second kappa shape index (κ2) is 7.49. The number of nitro groups is 1. The topological polar surface area (TPSA) is 90.1 Å². The zero-order valence-electron chi connectivity index (χ0n) is 13.8. The first-order valence-corrected chi connectivity index (χ1v) is 8.56. The molecule has 1 heterocycles. The molecule has 7 nitrogen and oxygen atoms in total. The summed E-state index contributed by atoms with van der Waals surface area (Å²) < 4.78 is 2.38. The molecule has 0 atom stereocenters. The lowest BCUT2D eigenvalue weighted by molar-refractivity contribution is -0.384. The molecule has 1 amide bonds. The first-order chi connectivity index (χ1) is 12.4. The molecule has 0 fully saturated rings. The molecular weight excluding hydrogens is 400 g/mol. The van der Waals surface area contributed by atoms with Crippen LogP contribution in [0.1, 0.15) is 21.5 Å². The maximum atomic E-state index is 12.3. The van der Waals surface area contributed by atoms with E-state index in [1.807, 2.05) is 31.2 Å². The van der Waals surface area contributed by atoms with Gasteiger partial charge in [0.05, 0.1) is 15.9 Å². The van der Waals surface area contributed by atoms with Gasteiger partial charge >= 0.3 is 0 Å². The van der Waals surface area contributed by atoms with Crippen LogP contribution >= 0.6 is 15.9 Å². The molecule has 2 aromatic carbocycles. The standard InChI is InChI=1S/C18H15BrN4O3/c1-12-2-4-13(5-3-12)10-22-11-16(19)17(21-22)20-18(24)14-6-8-15(9-7-14)23(25)26/h2-9,11H,10H2,1H3,(H,20,21,24). The van der Waals surface area contributed by atoms with E-state index in [0.717, 1.165) is 5.56 Å². The van der Waals surface area contributed by atoms with Crippen molar-refractivity contribution in [1.82, 2.24) is 9.78 Å². The van der Waals surface area contributed by atoms with E-state index in [9.17, 15) is 14.9 Å². The van der Waals surface area contributed by atoms with Gasteiger partial charge in [0, 0.05) is 23.9 Å². The minimum Gasteiger partial charge on any atom is -0.304 e. The first kappa shape index (κ1) is 17.8. The molecule has 0 unspecified atom stereocenters. The fourth-order valence-corrected chi connectivity index (χ4v) is 2.77. The maximum Gasteiger partial charge on any atom is 0.269 e. The third-order valence-corrected chi connectivity index (χ3v) is 4.33. The number of halogens is 1. The van der Waals surface area contributed by atoms with E-state index in [-0.39, 0.29) is 11.6 Å². The summed E-state index contributed by atoms with van der Waals surface area (Å²) in [5.74, 6) is 0.00153. The molecule has 0 saturated carbocycles. The summed E-state index contributed by atoms with van der Waals surface area (Å²) in [4.78, 5) is 22.5. The molecule has 3 aromatic rings. The number of non-ortho nitro benzene ring substituents is 1. The van der Waals surface area contributed by atoms with Crippen LogP contribution in [0.3, 0.4) is 0 Å². The number of anilines is 1. The normalized spacial score (nSPS) is 10.5. The maximum absolute atomic E-state index is 12.3. The summed E-state index contributed by atoms with van der Waals surface area (Å²) in [5, 5.41) is 17.7. The highest BCUT2D eigenvalue weighted by molar-refractivity contribution is 9.10.